The van der Waals surface area contributed by atoms with Gasteiger partial charge in [-0.2, -0.15) is 0 Å². The van der Waals surface area contributed by atoms with Gasteiger partial charge in [-0.25, -0.2) is 0 Å². The zero-order valence-corrected chi connectivity index (χ0v) is 10.7. The third-order valence-electron chi connectivity index (χ3n) is 2.32. The van der Waals surface area contributed by atoms with Crippen LogP contribution in [-0.4, -0.2) is 10.9 Å². The molecule has 0 radical (unpaired) electrons. The highest BCUT2D eigenvalue weighted by atomic mass is 32.2. The summed E-state index contributed by atoms with van der Waals surface area (Å²) < 4.78 is 0. The first-order valence-corrected chi connectivity index (χ1v) is 6.29. The molecular weight excluding hydrogens is 204 g/mol. The molecule has 0 aromatic heterocycles. The Morgan fingerprint density at radius 1 is 1.20 bits per heavy atom. The molecule has 15 heavy (non-hydrogen) atoms. The van der Waals surface area contributed by atoms with E-state index in [9.17, 15) is 4.79 Å². The molecule has 82 valence electrons. The van der Waals surface area contributed by atoms with Crippen molar-refractivity contribution in [1.82, 2.24) is 0 Å². The maximum absolute atomic E-state index is 11.9. The van der Waals surface area contributed by atoms with Gasteiger partial charge in [0, 0.05) is 11.3 Å². The summed E-state index contributed by atoms with van der Waals surface area (Å²) in [6.45, 7) is 8.18. The van der Waals surface area contributed by atoms with Crippen LogP contribution in [0.2, 0.25) is 0 Å². The summed E-state index contributed by atoms with van der Waals surface area (Å²) in [7, 11) is 0. The Kier molecular flexibility index (Phi) is 4.40. The summed E-state index contributed by atoms with van der Waals surface area (Å²) >= 11 is 1.42. The van der Waals surface area contributed by atoms with E-state index in [0.29, 0.717) is 0 Å². The average Bonchev–Trinajstić information content (AvgIpc) is 2.12. The molecule has 0 heterocycles. The van der Waals surface area contributed by atoms with E-state index in [1.54, 1.807) is 0 Å². The minimum atomic E-state index is 0.215. The molecule has 0 N–H and O–H groups in total. The Morgan fingerprint density at radius 2 is 1.73 bits per heavy atom. The van der Waals surface area contributed by atoms with Crippen molar-refractivity contribution in [1.29, 1.82) is 0 Å². The van der Waals surface area contributed by atoms with Crippen molar-refractivity contribution in [2.24, 2.45) is 0 Å². The van der Waals surface area contributed by atoms with Gasteiger partial charge in [0.1, 0.15) is 0 Å². The molecule has 0 bridgehead atoms. The fourth-order valence-corrected chi connectivity index (χ4v) is 2.62. The summed E-state index contributed by atoms with van der Waals surface area (Å²) in [6.07, 6.45) is 1.04. The maximum atomic E-state index is 11.9. The molecule has 2 heteroatoms. The van der Waals surface area contributed by atoms with E-state index in [2.05, 4.69) is 26.0 Å². The van der Waals surface area contributed by atoms with E-state index in [1.165, 1.54) is 17.3 Å². The normalized spacial score (nSPS) is 10.4. The molecule has 1 aromatic rings. The first-order chi connectivity index (χ1) is 7.06. The Balaban J connectivity index is 2.98. The molecule has 0 amide bonds. The largest absolute Gasteiger partial charge is 0.282 e. The van der Waals surface area contributed by atoms with Crippen LogP contribution in [0.25, 0.3) is 0 Å². The molecule has 0 atom stereocenters. The zero-order valence-electron chi connectivity index (χ0n) is 9.89. The van der Waals surface area contributed by atoms with Gasteiger partial charge in [-0.15, -0.1) is 0 Å². The van der Waals surface area contributed by atoms with Crippen molar-refractivity contribution in [2.75, 3.05) is 5.75 Å². The standard InChI is InChI=1S/C13H18OS/c1-5-6-15-13(14)12-10(3)7-9(2)8-11(12)4/h7-8H,5-6H2,1-4H3. The number of thioether (sulfide) groups is 1. The van der Waals surface area contributed by atoms with E-state index in [4.69, 9.17) is 0 Å². The smallest absolute Gasteiger partial charge is 0.219 e. The number of hydrogen-bond donors (Lipinski definition) is 0. The molecule has 0 unspecified atom stereocenters. The van der Waals surface area contributed by atoms with Crippen LogP contribution in [0.4, 0.5) is 0 Å². The van der Waals surface area contributed by atoms with Crippen molar-refractivity contribution in [3.63, 3.8) is 0 Å². The van der Waals surface area contributed by atoms with Gasteiger partial charge in [0.25, 0.3) is 0 Å². The minimum Gasteiger partial charge on any atom is -0.282 e. The Morgan fingerprint density at radius 3 is 2.20 bits per heavy atom. The topological polar surface area (TPSA) is 17.1 Å². The van der Waals surface area contributed by atoms with Crippen LogP contribution in [0.1, 0.15) is 40.4 Å². The molecule has 1 rings (SSSR count). The maximum Gasteiger partial charge on any atom is 0.219 e. The Hall–Kier alpha value is -0.760. The first-order valence-electron chi connectivity index (χ1n) is 5.31. The molecule has 1 aromatic carbocycles. The Bertz CT molecular complexity index is 346. The van der Waals surface area contributed by atoms with E-state index in [-0.39, 0.29) is 5.12 Å². The fraction of sp³-hybridized carbons (Fsp3) is 0.462. The van der Waals surface area contributed by atoms with Gasteiger partial charge in [-0.05, 0) is 38.3 Å². The lowest BCUT2D eigenvalue weighted by atomic mass is 10.0. The summed E-state index contributed by atoms with van der Waals surface area (Å²) in [5.74, 6) is 0.908. The lowest BCUT2D eigenvalue weighted by Crippen LogP contribution is -2.02. The number of carbonyl (C=O) groups excluding carboxylic acids is 1. The second-order valence-electron chi connectivity index (χ2n) is 3.91. The van der Waals surface area contributed by atoms with Crippen LogP contribution in [0.3, 0.4) is 0 Å². The van der Waals surface area contributed by atoms with Crippen molar-refractivity contribution in [3.8, 4) is 0 Å². The van der Waals surface area contributed by atoms with Crippen molar-refractivity contribution in [3.05, 3.63) is 34.4 Å². The third kappa shape index (κ3) is 3.10. The third-order valence-corrected chi connectivity index (χ3v) is 3.40. The summed E-state index contributed by atoms with van der Waals surface area (Å²) in [4.78, 5) is 11.9. The summed E-state index contributed by atoms with van der Waals surface area (Å²) in [6, 6.07) is 4.15. The lowest BCUT2D eigenvalue weighted by molar-refractivity contribution is 0.108. The second-order valence-corrected chi connectivity index (χ2v) is 4.98. The number of rotatable bonds is 3. The van der Waals surface area contributed by atoms with Gasteiger partial charge >= 0.3 is 0 Å². The van der Waals surface area contributed by atoms with Gasteiger partial charge in [0.2, 0.25) is 5.12 Å². The highest BCUT2D eigenvalue weighted by molar-refractivity contribution is 8.14. The summed E-state index contributed by atoms with van der Waals surface area (Å²) in [5, 5.41) is 0.215. The van der Waals surface area contributed by atoms with E-state index < -0.39 is 0 Å². The molecule has 0 saturated carbocycles. The fourth-order valence-electron chi connectivity index (χ4n) is 1.77. The van der Waals surface area contributed by atoms with Crippen LogP contribution < -0.4 is 0 Å². The molecule has 0 aliphatic carbocycles. The molecule has 0 spiro atoms. The number of benzene rings is 1. The predicted octanol–water partition coefficient (Wildman–Crippen LogP) is 3.90. The van der Waals surface area contributed by atoms with Crippen LogP contribution in [0, 0.1) is 20.8 Å². The van der Waals surface area contributed by atoms with Crippen LogP contribution >= 0.6 is 11.8 Å². The van der Waals surface area contributed by atoms with Crippen LogP contribution in [0.5, 0.6) is 0 Å². The Labute approximate surface area is 96.3 Å². The van der Waals surface area contributed by atoms with Gasteiger partial charge in [-0.3, -0.25) is 4.79 Å². The highest BCUT2D eigenvalue weighted by Crippen LogP contribution is 2.22. The number of carbonyl (C=O) groups is 1. The first kappa shape index (κ1) is 12.3. The van der Waals surface area contributed by atoms with Crippen molar-refractivity contribution in [2.45, 2.75) is 34.1 Å². The van der Waals surface area contributed by atoms with Crippen LogP contribution in [0.15, 0.2) is 12.1 Å². The molecular formula is C13H18OS. The molecule has 1 nitrogen and oxygen atoms in total. The van der Waals surface area contributed by atoms with E-state index in [1.807, 2.05) is 13.8 Å². The number of aryl methyl sites for hydroxylation is 3. The summed E-state index contributed by atoms with van der Waals surface area (Å²) in [5.41, 5.74) is 4.32. The van der Waals surface area contributed by atoms with Gasteiger partial charge in [-0.1, -0.05) is 36.4 Å². The van der Waals surface area contributed by atoms with Crippen molar-refractivity contribution < 1.29 is 4.79 Å². The van der Waals surface area contributed by atoms with E-state index >= 15 is 0 Å². The minimum absolute atomic E-state index is 0.215. The zero-order chi connectivity index (χ0) is 11.4. The molecule has 0 saturated heterocycles. The van der Waals surface area contributed by atoms with Gasteiger partial charge in [0.15, 0.2) is 0 Å². The molecule has 0 aliphatic heterocycles. The van der Waals surface area contributed by atoms with Crippen LogP contribution in [-0.2, 0) is 0 Å². The quantitative estimate of drug-likeness (QED) is 0.771. The van der Waals surface area contributed by atoms with Gasteiger partial charge in [0.05, 0.1) is 0 Å². The predicted molar refractivity (Wildman–Crippen MR) is 67.7 cm³/mol. The van der Waals surface area contributed by atoms with E-state index in [0.717, 1.165) is 28.9 Å². The monoisotopic (exact) mass is 222 g/mol. The lowest BCUT2D eigenvalue weighted by Gasteiger charge is -2.09. The highest BCUT2D eigenvalue weighted by Gasteiger charge is 2.12. The van der Waals surface area contributed by atoms with Crippen molar-refractivity contribution >= 4 is 16.9 Å². The molecule has 0 fully saturated rings. The number of hydrogen-bond acceptors (Lipinski definition) is 2. The average molecular weight is 222 g/mol. The second kappa shape index (κ2) is 5.36. The van der Waals surface area contributed by atoms with Gasteiger partial charge < -0.3 is 0 Å². The molecule has 0 aliphatic rings. The SMILES string of the molecule is CCCSC(=O)c1c(C)cc(C)cc1C.